The van der Waals surface area contributed by atoms with Gasteiger partial charge in [-0.1, -0.05) is 12.1 Å². The van der Waals surface area contributed by atoms with E-state index in [4.69, 9.17) is 10.2 Å². The SMILES string of the molecule is CN(CCN)C(=O)c1cc2cccc(Br)c2o1. The molecule has 90 valence electrons. The maximum atomic E-state index is 12.0. The second kappa shape index (κ2) is 4.89. The quantitative estimate of drug-likeness (QED) is 0.945. The number of nitrogens with zero attached hydrogens (tertiary/aromatic N) is 1. The second-order valence-corrected chi connectivity index (χ2v) is 4.64. The van der Waals surface area contributed by atoms with Crippen LogP contribution in [-0.4, -0.2) is 30.9 Å². The Morgan fingerprint density at radius 3 is 2.94 bits per heavy atom. The highest BCUT2D eigenvalue weighted by Gasteiger charge is 2.16. The van der Waals surface area contributed by atoms with Crippen molar-refractivity contribution in [3.63, 3.8) is 0 Å². The van der Waals surface area contributed by atoms with E-state index in [0.717, 1.165) is 9.86 Å². The van der Waals surface area contributed by atoms with Gasteiger partial charge in [-0.05, 0) is 28.1 Å². The zero-order valence-corrected chi connectivity index (χ0v) is 11.0. The summed E-state index contributed by atoms with van der Waals surface area (Å²) in [7, 11) is 1.71. The Balaban J connectivity index is 2.37. The molecule has 0 saturated carbocycles. The van der Waals surface area contributed by atoms with Crippen LogP contribution in [0.5, 0.6) is 0 Å². The van der Waals surface area contributed by atoms with Gasteiger partial charge < -0.3 is 15.1 Å². The van der Waals surface area contributed by atoms with Gasteiger partial charge in [0.1, 0.15) is 5.58 Å². The third-order valence-electron chi connectivity index (χ3n) is 2.52. The average Bonchev–Trinajstić information content (AvgIpc) is 2.73. The summed E-state index contributed by atoms with van der Waals surface area (Å²) in [6, 6.07) is 7.43. The minimum absolute atomic E-state index is 0.154. The van der Waals surface area contributed by atoms with Crippen molar-refractivity contribution in [2.24, 2.45) is 5.73 Å². The number of furan rings is 1. The molecule has 1 amide bonds. The first-order valence-corrected chi connectivity index (χ1v) is 6.06. The summed E-state index contributed by atoms with van der Waals surface area (Å²) in [5.74, 6) is 0.182. The van der Waals surface area contributed by atoms with Crippen LogP contribution < -0.4 is 5.73 Å². The summed E-state index contributed by atoms with van der Waals surface area (Å²) < 4.78 is 6.39. The lowest BCUT2D eigenvalue weighted by molar-refractivity contribution is 0.0770. The van der Waals surface area contributed by atoms with Gasteiger partial charge in [0, 0.05) is 25.5 Å². The van der Waals surface area contributed by atoms with Crippen LogP contribution in [0.2, 0.25) is 0 Å². The van der Waals surface area contributed by atoms with Gasteiger partial charge in [0.05, 0.1) is 4.47 Å². The van der Waals surface area contributed by atoms with Crippen LogP contribution in [0.4, 0.5) is 0 Å². The van der Waals surface area contributed by atoms with E-state index >= 15 is 0 Å². The van der Waals surface area contributed by atoms with Crippen LogP contribution in [-0.2, 0) is 0 Å². The smallest absolute Gasteiger partial charge is 0.289 e. The summed E-state index contributed by atoms with van der Waals surface area (Å²) in [5.41, 5.74) is 6.10. The van der Waals surface area contributed by atoms with Gasteiger partial charge in [-0.3, -0.25) is 4.79 Å². The van der Waals surface area contributed by atoms with Crippen molar-refractivity contribution >= 4 is 32.8 Å². The van der Waals surface area contributed by atoms with E-state index in [1.807, 2.05) is 18.2 Å². The molecule has 1 heterocycles. The molecule has 0 spiro atoms. The van der Waals surface area contributed by atoms with Gasteiger partial charge in [-0.15, -0.1) is 0 Å². The predicted octanol–water partition coefficient (Wildman–Crippen LogP) is 2.23. The molecule has 2 aromatic rings. The maximum absolute atomic E-state index is 12.0. The number of hydrogen-bond donors (Lipinski definition) is 1. The van der Waals surface area contributed by atoms with Crippen LogP contribution in [0.3, 0.4) is 0 Å². The number of carbonyl (C=O) groups is 1. The minimum Gasteiger partial charge on any atom is -0.450 e. The Bertz CT molecular complexity index is 550. The van der Waals surface area contributed by atoms with E-state index in [1.165, 1.54) is 0 Å². The van der Waals surface area contributed by atoms with Crippen molar-refractivity contribution in [2.45, 2.75) is 0 Å². The van der Waals surface area contributed by atoms with E-state index in [2.05, 4.69) is 15.9 Å². The zero-order valence-electron chi connectivity index (χ0n) is 9.44. The lowest BCUT2D eigenvalue weighted by atomic mass is 10.2. The number of hydrogen-bond acceptors (Lipinski definition) is 3. The summed E-state index contributed by atoms with van der Waals surface area (Å²) in [6.07, 6.45) is 0. The molecule has 0 aliphatic rings. The van der Waals surface area contributed by atoms with E-state index < -0.39 is 0 Å². The number of rotatable bonds is 3. The van der Waals surface area contributed by atoms with Crippen LogP contribution in [0, 0.1) is 0 Å². The normalized spacial score (nSPS) is 10.8. The number of halogens is 1. The molecule has 0 aliphatic heterocycles. The van der Waals surface area contributed by atoms with Crippen molar-refractivity contribution < 1.29 is 9.21 Å². The highest BCUT2D eigenvalue weighted by atomic mass is 79.9. The maximum Gasteiger partial charge on any atom is 0.289 e. The van der Waals surface area contributed by atoms with E-state index in [1.54, 1.807) is 18.0 Å². The minimum atomic E-state index is -0.154. The predicted molar refractivity (Wildman–Crippen MR) is 69.9 cm³/mol. The molecule has 2 N–H and O–H groups in total. The molecule has 1 aromatic heterocycles. The molecule has 1 aromatic carbocycles. The Hall–Kier alpha value is -1.33. The number of fused-ring (bicyclic) bond motifs is 1. The number of para-hydroxylation sites is 1. The zero-order chi connectivity index (χ0) is 12.4. The number of likely N-dealkylation sites (N-methyl/N-ethyl adjacent to an activating group) is 1. The Kier molecular flexibility index (Phi) is 3.49. The Labute approximate surface area is 107 Å². The molecule has 0 saturated heterocycles. The monoisotopic (exact) mass is 296 g/mol. The number of amides is 1. The van der Waals surface area contributed by atoms with Crippen LogP contribution >= 0.6 is 15.9 Å². The molecule has 0 atom stereocenters. The highest BCUT2D eigenvalue weighted by molar-refractivity contribution is 9.10. The number of carbonyl (C=O) groups excluding carboxylic acids is 1. The van der Waals surface area contributed by atoms with Crippen LogP contribution in [0.1, 0.15) is 10.6 Å². The second-order valence-electron chi connectivity index (χ2n) is 3.78. The lowest BCUT2D eigenvalue weighted by Crippen LogP contribution is -2.31. The van der Waals surface area contributed by atoms with Crippen LogP contribution in [0.15, 0.2) is 33.2 Å². The first-order valence-electron chi connectivity index (χ1n) is 5.27. The van der Waals surface area contributed by atoms with Gasteiger partial charge in [0.15, 0.2) is 5.76 Å². The number of benzene rings is 1. The van der Waals surface area contributed by atoms with Crippen LogP contribution in [0.25, 0.3) is 11.0 Å². The van der Waals surface area contributed by atoms with Gasteiger partial charge in [-0.2, -0.15) is 0 Å². The fourth-order valence-electron chi connectivity index (χ4n) is 1.62. The Morgan fingerprint density at radius 1 is 1.53 bits per heavy atom. The average molecular weight is 297 g/mol. The fraction of sp³-hybridized carbons (Fsp3) is 0.250. The molecule has 4 nitrogen and oxygen atoms in total. The summed E-state index contributed by atoms with van der Waals surface area (Å²) in [6.45, 7) is 0.948. The van der Waals surface area contributed by atoms with Crippen molar-refractivity contribution in [1.82, 2.24) is 4.90 Å². The van der Waals surface area contributed by atoms with Crippen molar-refractivity contribution in [3.8, 4) is 0 Å². The molecule has 5 heteroatoms. The topological polar surface area (TPSA) is 59.5 Å². The molecule has 0 unspecified atom stereocenters. The molecular formula is C12H13BrN2O2. The highest BCUT2D eigenvalue weighted by Crippen LogP contribution is 2.27. The summed E-state index contributed by atoms with van der Waals surface area (Å²) >= 11 is 3.39. The molecule has 0 aliphatic carbocycles. The van der Waals surface area contributed by atoms with Gasteiger partial charge in [0.25, 0.3) is 5.91 Å². The summed E-state index contributed by atoms with van der Waals surface area (Å²) in [5, 5.41) is 0.906. The first kappa shape index (κ1) is 12.1. The van der Waals surface area contributed by atoms with Crippen molar-refractivity contribution in [3.05, 3.63) is 34.5 Å². The third kappa shape index (κ3) is 2.35. The number of nitrogens with two attached hydrogens (primary N) is 1. The molecule has 0 radical (unpaired) electrons. The van der Waals surface area contributed by atoms with Gasteiger partial charge >= 0.3 is 0 Å². The lowest BCUT2D eigenvalue weighted by Gasteiger charge is -2.13. The van der Waals surface area contributed by atoms with Crippen molar-refractivity contribution in [1.29, 1.82) is 0 Å². The third-order valence-corrected chi connectivity index (χ3v) is 3.14. The van der Waals surface area contributed by atoms with E-state index in [0.29, 0.717) is 24.4 Å². The molecule has 2 rings (SSSR count). The molecular weight excluding hydrogens is 284 g/mol. The molecule has 17 heavy (non-hydrogen) atoms. The fourth-order valence-corrected chi connectivity index (χ4v) is 2.08. The summed E-state index contributed by atoms with van der Waals surface area (Å²) in [4.78, 5) is 13.5. The standard InChI is InChI=1S/C12H13BrN2O2/c1-15(6-5-14)12(16)10-7-8-3-2-4-9(13)11(8)17-10/h2-4,7H,5-6,14H2,1H3. The molecule has 0 bridgehead atoms. The van der Waals surface area contributed by atoms with Gasteiger partial charge in [-0.25, -0.2) is 0 Å². The van der Waals surface area contributed by atoms with Crippen molar-refractivity contribution in [2.75, 3.05) is 20.1 Å². The Morgan fingerprint density at radius 2 is 2.29 bits per heavy atom. The first-order chi connectivity index (χ1) is 8.13. The van der Waals surface area contributed by atoms with Gasteiger partial charge in [0.2, 0.25) is 0 Å². The largest absolute Gasteiger partial charge is 0.450 e. The van der Waals surface area contributed by atoms with E-state index in [-0.39, 0.29) is 5.91 Å². The van der Waals surface area contributed by atoms with E-state index in [9.17, 15) is 4.79 Å². The molecule has 0 fully saturated rings.